The molecule has 0 saturated heterocycles. The highest BCUT2D eigenvalue weighted by molar-refractivity contribution is 14.1. The Morgan fingerprint density at radius 2 is 2.39 bits per heavy atom. The number of carbonyl (C=O) groups excluding carboxylic acids is 1. The largest absolute Gasteiger partial charge is 0.334 e. The van der Waals surface area contributed by atoms with Crippen molar-refractivity contribution in [1.29, 1.82) is 0 Å². The lowest BCUT2D eigenvalue weighted by atomic mass is 10.3. The van der Waals surface area contributed by atoms with Crippen LogP contribution in [0.3, 0.4) is 0 Å². The molecule has 2 rings (SSSR count). The maximum atomic E-state index is 12.1. The lowest BCUT2D eigenvalue weighted by molar-refractivity contribution is 0.0776. The summed E-state index contributed by atoms with van der Waals surface area (Å²) in [5, 5.41) is 10.9. The van der Waals surface area contributed by atoms with E-state index in [4.69, 9.17) is 0 Å². The van der Waals surface area contributed by atoms with Gasteiger partial charge in [-0.15, -0.1) is 0 Å². The zero-order chi connectivity index (χ0) is 13.1. The van der Waals surface area contributed by atoms with E-state index in [1.165, 1.54) is 0 Å². The van der Waals surface area contributed by atoms with Gasteiger partial charge in [-0.3, -0.25) is 14.6 Å². The van der Waals surface area contributed by atoms with Crippen LogP contribution in [-0.4, -0.2) is 37.8 Å². The van der Waals surface area contributed by atoms with Crippen LogP contribution in [0.2, 0.25) is 0 Å². The van der Waals surface area contributed by atoms with E-state index >= 15 is 0 Å². The van der Waals surface area contributed by atoms with E-state index in [2.05, 4.69) is 37.9 Å². The Bertz CT molecular complexity index is 547. The van der Waals surface area contributed by atoms with Gasteiger partial charge in [0.15, 0.2) is 0 Å². The summed E-state index contributed by atoms with van der Waals surface area (Å²) in [5.41, 5.74) is 1.40. The molecular weight excluding hydrogens is 345 g/mol. The highest BCUT2D eigenvalue weighted by Gasteiger charge is 2.17. The molecule has 2 aromatic heterocycles. The summed E-state index contributed by atoms with van der Waals surface area (Å²) in [7, 11) is 1.75. The number of nitrogens with one attached hydrogen (secondary N) is 1. The van der Waals surface area contributed by atoms with Crippen LogP contribution in [0.15, 0.2) is 18.5 Å². The van der Waals surface area contributed by atoms with Gasteiger partial charge in [0.05, 0.1) is 22.0 Å². The summed E-state index contributed by atoms with van der Waals surface area (Å²) in [6, 6.07) is 1.92. The molecule has 0 fully saturated rings. The topological polar surface area (TPSA) is 66.8 Å². The molecule has 0 bridgehead atoms. The van der Waals surface area contributed by atoms with Gasteiger partial charge in [-0.1, -0.05) is 0 Å². The average Bonchev–Trinajstić information content (AvgIpc) is 2.97. The smallest absolute Gasteiger partial charge is 0.273 e. The molecule has 0 saturated carbocycles. The van der Waals surface area contributed by atoms with Crippen molar-refractivity contribution in [3.8, 4) is 0 Å². The second kappa shape index (κ2) is 5.51. The molecule has 18 heavy (non-hydrogen) atoms. The van der Waals surface area contributed by atoms with Crippen LogP contribution in [0.4, 0.5) is 0 Å². The first-order chi connectivity index (χ1) is 8.61. The van der Waals surface area contributed by atoms with Crippen LogP contribution >= 0.6 is 22.6 Å². The molecule has 0 unspecified atom stereocenters. The highest BCUT2D eigenvalue weighted by Crippen LogP contribution is 2.11. The number of rotatable bonds is 4. The Labute approximate surface area is 119 Å². The van der Waals surface area contributed by atoms with Crippen LogP contribution in [0, 0.1) is 3.57 Å². The van der Waals surface area contributed by atoms with Crippen molar-refractivity contribution in [1.82, 2.24) is 24.9 Å². The number of aromatic nitrogens is 4. The van der Waals surface area contributed by atoms with Crippen LogP contribution in [0.5, 0.6) is 0 Å². The minimum atomic E-state index is -0.0806. The van der Waals surface area contributed by atoms with E-state index in [1.807, 2.05) is 23.9 Å². The first kappa shape index (κ1) is 13.1. The van der Waals surface area contributed by atoms with Crippen molar-refractivity contribution < 1.29 is 4.79 Å². The van der Waals surface area contributed by atoms with Crippen molar-refractivity contribution in [2.75, 3.05) is 7.05 Å². The van der Waals surface area contributed by atoms with E-state index in [0.717, 1.165) is 15.8 Å². The maximum Gasteiger partial charge on any atom is 0.273 e. The monoisotopic (exact) mass is 359 g/mol. The van der Waals surface area contributed by atoms with Crippen molar-refractivity contribution >= 4 is 28.5 Å². The molecule has 2 heterocycles. The number of hydrogen-bond donors (Lipinski definition) is 1. The minimum absolute atomic E-state index is 0.0806. The number of nitrogens with zero attached hydrogens (tertiary/aromatic N) is 4. The molecular formula is C11H14IN5O. The molecule has 0 atom stereocenters. The fraction of sp³-hybridized carbons (Fsp3) is 0.364. The van der Waals surface area contributed by atoms with E-state index in [-0.39, 0.29) is 5.91 Å². The van der Waals surface area contributed by atoms with Gasteiger partial charge in [-0.05, 0) is 35.6 Å². The number of carbonyl (C=O) groups is 1. The number of halogens is 1. The SMILES string of the molecule is CCn1ccc(CN(C)C(=O)c2[nH]ncc2I)n1. The zero-order valence-electron chi connectivity index (χ0n) is 10.2. The summed E-state index contributed by atoms with van der Waals surface area (Å²) in [6.07, 6.45) is 3.54. The Balaban J connectivity index is 2.06. The molecule has 7 heteroatoms. The normalized spacial score (nSPS) is 10.6. The molecule has 0 radical (unpaired) electrons. The third-order valence-electron chi connectivity index (χ3n) is 2.57. The predicted octanol–water partition coefficient (Wildman–Crippen LogP) is 1.50. The van der Waals surface area contributed by atoms with Gasteiger partial charge in [0.1, 0.15) is 5.69 Å². The average molecular weight is 359 g/mol. The lowest BCUT2D eigenvalue weighted by Gasteiger charge is -2.14. The van der Waals surface area contributed by atoms with E-state index < -0.39 is 0 Å². The first-order valence-corrected chi connectivity index (χ1v) is 6.66. The summed E-state index contributed by atoms with van der Waals surface area (Å²) in [6.45, 7) is 3.34. The summed E-state index contributed by atoms with van der Waals surface area (Å²) < 4.78 is 2.66. The van der Waals surface area contributed by atoms with Crippen molar-refractivity contribution in [2.24, 2.45) is 0 Å². The molecule has 0 spiro atoms. The van der Waals surface area contributed by atoms with Gasteiger partial charge >= 0.3 is 0 Å². The third-order valence-corrected chi connectivity index (χ3v) is 3.39. The van der Waals surface area contributed by atoms with Crippen LogP contribution in [-0.2, 0) is 13.1 Å². The summed E-state index contributed by atoms with van der Waals surface area (Å²) in [4.78, 5) is 13.7. The number of hydrogen-bond acceptors (Lipinski definition) is 3. The number of amides is 1. The van der Waals surface area contributed by atoms with Gasteiger partial charge in [0.25, 0.3) is 5.91 Å². The molecule has 1 N–H and O–H groups in total. The minimum Gasteiger partial charge on any atom is -0.334 e. The molecule has 0 aliphatic heterocycles. The van der Waals surface area contributed by atoms with Gasteiger partial charge in [-0.2, -0.15) is 10.2 Å². The molecule has 96 valence electrons. The second-order valence-electron chi connectivity index (χ2n) is 3.92. The van der Waals surface area contributed by atoms with Gasteiger partial charge in [0.2, 0.25) is 0 Å². The second-order valence-corrected chi connectivity index (χ2v) is 5.08. The molecule has 0 aromatic carbocycles. The number of aryl methyl sites for hydroxylation is 1. The van der Waals surface area contributed by atoms with Crippen LogP contribution in [0.25, 0.3) is 0 Å². The Kier molecular flexibility index (Phi) is 4.00. The molecule has 2 aromatic rings. The molecule has 1 amide bonds. The van der Waals surface area contributed by atoms with Crippen LogP contribution < -0.4 is 0 Å². The van der Waals surface area contributed by atoms with Crippen molar-refractivity contribution in [3.05, 3.63) is 33.4 Å². The van der Waals surface area contributed by atoms with Gasteiger partial charge in [0, 0.05) is 19.8 Å². The van der Waals surface area contributed by atoms with Crippen LogP contribution in [0.1, 0.15) is 23.1 Å². The molecule has 0 aliphatic carbocycles. The molecule has 0 aliphatic rings. The highest BCUT2D eigenvalue weighted by atomic mass is 127. The van der Waals surface area contributed by atoms with E-state index in [0.29, 0.717) is 12.2 Å². The fourth-order valence-corrected chi connectivity index (χ4v) is 2.08. The summed E-state index contributed by atoms with van der Waals surface area (Å²) in [5.74, 6) is -0.0806. The van der Waals surface area contributed by atoms with Crippen molar-refractivity contribution in [3.63, 3.8) is 0 Å². The van der Waals surface area contributed by atoms with Gasteiger partial charge in [-0.25, -0.2) is 0 Å². The third kappa shape index (κ3) is 2.71. The Morgan fingerprint density at radius 3 is 2.94 bits per heavy atom. The Hall–Kier alpha value is -1.38. The molecule has 6 nitrogen and oxygen atoms in total. The summed E-state index contributed by atoms with van der Waals surface area (Å²) >= 11 is 2.08. The fourth-order valence-electron chi connectivity index (χ4n) is 1.59. The lowest BCUT2D eigenvalue weighted by Crippen LogP contribution is -2.27. The zero-order valence-corrected chi connectivity index (χ0v) is 12.4. The quantitative estimate of drug-likeness (QED) is 0.842. The van der Waals surface area contributed by atoms with E-state index in [1.54, 1.807) is 18.1 Å². The van der Waals surface area contributed by atoms with Crippen molar-refractivity contribution in [2.45, 2.75) is 20.0 Å². The standard InChI is InChI=1S/C11H14IN5O/c1-3-17-5-4-8(15-17)7-16(2)11(18)10-9(12)6-13-14-10/h4-6H,3,7H2,1-2H3,(H,13,14). The Morgan fingerprint density at radius 1 is 1.61 bits per heavy atom. The maximum absolute atomic E-state index is 12.1. The predicted molar refractivity (Wildman–Crippen MR) is 75.0 cm³/mol. The van der Waals surface area contributed by atoms with Gasteiger partial charge < -0.3 is 4.90 Å². The number of H-pyrrole nitrogens is 1. The van der Waals surface area contributed by atoms with E-state index in [9.17, 15) is 4.79 Å². The number of aromatic amines is 1. The first-order valence-electron chi connectivity index (χ1n) is 5.58.